The van der Waals surface area contributed by atoms with Gasteiger partial charge in [-0.25, -0.2) is 5.48 Å². The van der Waals surface area contributed by atoms with Gasteiger partial charge in [-0.3, -0.25) is 0 Å². The van der Waals surface area contributed by atoms with E-state index < -0.39 is 0 Å². The summed E-state index contributed by atoms with van der Waals surface area (Å²) in [4.78, 5) is 0. The third kappa shape index (κ3) is 3.84. The van der Waals surface area contributed by atoms with Gasteiger partial charge in [0.1, 0.15) is 12.4 Å². The Kier molecular flexibility index (Phi) is 4.75. The highest BCUT2D eigenvalue weighted by Gasteiger charge is 1.97. The molecule has 2 N–H and O–H groups in total. The van der Waals surface area contributed by atoms with Gasteiger partial charge in [-0.1, -0.05) is 40.2 Å². The van der Waals surface area contributed by atoms with Gasteiger partial charge in [0.25, 0.3) is 0 Å². The zero-order valence-corrected chi connectivity index (χ0v) is 11.4. The zero-order chi connectivity index (χ0) is 12.8. The molecule has 0 amide bonds. The molecule has 0 radical (unpaired) electrons. The summed E-state index contributed by atoms with van der Waals surface area (Å²) in [6.07, 6.45) is 0. The number of nitrogens with one attached hydrogen (secondary N) is 1. The van der Waals surface area contributed by atoms with Crippen LogP contribution in [-0.2, 0) is 13.2 Å². The largest absolute Gasteiger partial charge is 0.489 e. The molecule has 0 fully saturated rings. The van der Waals surface area contributed by atoms with E-state index in [1.54, 1.807) is 0 Å². The Bertz CT molecular complexity index is 499. The van der Waals surface area contributed by atoms with Crippen LogP contribution >= 0.6 is 15.9 Å². The normalized spacial score (nSPS) is 10.3. The quantitative estimate of drug-likeness (QED) is 0.831. The minimum absolute atomic E-state index is 0.436. The maximum Gasteiger partial charge on any atom is 0.119 e. The molecule has 0 saturated carbocycles. The highest BCUT2D eigenvalue weighted by molar-refractivity contribution is 9.10. The van der Waals surface area contributed by atoms with Gasteiger partial charge in [-0.2, -0.15) is 0 Å². The lowest BCUT2D eigenvalue weighted by Crippen LogP contribution is -2.05. The summed E-state index contributed by atoms with van der Waals surface area (Å²) in [6.45, 7) is 0.975. The first-order valence-electron chi connectivity index (χ1n) is 5.61. The molecule has 3 nitrogen and oxygen atoms in total. The molecule has 2 aromatic carbocycles. The molecule has 4 heteroatoms. The first-order valence-corrected chi connectivity index (χ1v) is 6.40. The summed E-state index contributed by atoms with van der Waals surface area (Å²) >= 11 is 3.43. The molecule has 18 heavy (non-hydrogen) atoms. The van der Waals surface area contributed by atoms with Crippen molar-refractivity contribution in [2.24, 2.45) is 0 Å². The lowest BCUT2D eigenvalue weighted by atomic mass is 10.2. The molecule has 0 saturated heterocycles. The predicted molar refractivity (Wildman–Crippen MR) is 73.5 cm³/mol. The second kappa shape index (κ2) is 6.54. The van der Waals surface area contributed by atoms with Crippen LogP contribution in [0.1, 0.15) is 11.1 Å². The fourth-order valence-corrected chi connectivity index (χ4v) is 2.03. The predicted octanol–water partition coefficient (Wildman–Crippen LogP) is 3.51. The second-order valence-corrected chi connectivity index (χ2v) is 4.81. The van der Waals surface area contributed by atoms with E-state index in [0.29, 0.717) is 13.2 Å². The van der Waals surface area contributed by atoms with Crippen LogP contribution in [0.25, 0.3) is 0 Å². The second-order valence-electron chi connectivity index (χ2n) is 3.90. The van der Waals surface area contributed by atoms with Gasteiger partial charge in [0.15, 0.2) is 0 Å². The molecule has 0 aliphatic rings. The molecule has 0 aliphatic carbocycles. The summed E-state index contributed by atoms with van der Waals surface area (Å²) in [5.41, 5.74) is 4.24. The molecule has 0 spiro atoms. The molecule has 0 aromatic heterocycles. The maximum absolute atomic E-state index is 8.58. The van der Waals surface area contributed by atoms with Crippen molar-refractivity contribution in [1.29, 1.82) is 0 Å². The van der Waals surface area contributed by atoms with E-state index in [0.717, 1.165) is 21.3 Å². The van der Waals surface area contributed by atoms with Crippen LogP contribution in [0.4, 0.5) is 0 Å². The van der Waals surface area contributed by atoms with Crippen molar-refractivity contribution in [2.75, 3.05) is 0 Å². The lowest BCUT2D eigenvalue weighted by molar-refractivity contribution is 0.161. The van der Waals surface area contributed by atoms with E-state index in [-0.39, 0.29) is 0 Å². The minimum atomic E-state index is 0.436. The number of rotatable bonds is 5. The molecule has 94 valence electrons. The number of ether oxygens (including phenoxy) is 1. The zero-order valence-electron chi connectivity index (χ0n) is 9.77. The van der Waals surface area contributed by atoms with Crippen molar-refractivity contribution in [2.45, 2.75) is 13.2 Å². The average molecular weight is 308 g/mol. The van der Waals surface area contributed by atoms with Crippen LogP contribution in [0.5, 0.6) is 5.75 Å². The Labute approximate surface area is 114 Å². The van der Waals surface area contributed by atoms with Crippen LogP contribution in [0.3, 0.4) is 0 Å². The third-order valence-electron chi connectivity index (χ3n) is 2.50. The first-order chi connectivity index (χ1) is 8.78. The van der Waals surface area contributed by atoms with Crippen LogP contribution in [0.2, 0.25) is 0 Å². The van der Waals surface area contributed by atoms with Gasteiger partial charge >= 0.3 is 0 Å². The molecular formula is C14H14BrNO2. The fourth-order valence-electron chi connectivity index (χ4n) is 1.59. The van der Waals surface area contributed by atoms with E-state index in [1.807, 2.05) is 48.5 Å². The van der Waals surface area contributed by atoms with Gasteiger partial charge < -0.3 is 9.94 Å². The molecule has 0 heterocycles. The Morgan fingerprint density at radius 1 is 1.06 bits per heavy atom. The third-order valence-corrected chi connectivity index (χ3v) is 2.99. The minimum Gasteiger partial charge on any atom is -0.489 e. The summed E-state index contributed by atoms with van der Waals surface area (Å²) in [7, 11) is 0. The smallest absolute Gasteiger partial charge is 0.119 e. The number of hydrogen-bond acceptors (Lipinski definition) is 3. The van der Waals surface area contributed by atoms with Crippen LogP contribution in [-0.4, -0.2) is 5.21 Å². The van der Waals surface area contributed by atoms with E-state index in [2.05, 4.69) is 21.4 Å². The van der Waals surface area contributed by atoms with Gasteiger partial charge in [-0.15, -0.1) is 0 Å². The summed E-state index contributed by atoms with van der Waals surface area (Å²) < 4.78 is 6.73. The van der Waals surface area contributed by atoms with Crippen molar-refractivity contribution in [1.82, 2.24) is 5.48 Å². The van der Waals surface area contributed by atoms with E-state index in [4.69, 9.17) is 9.94 Å². The number of hydroxylamine groups is 1. The van der Waals surface area contributed by atoms with E-state index in [9.17, 15) is 0 Å². The van der Waals surface area contributed by atoms with Gasteiger partial charge in [0, 0.05) is 11.0 Å². The molecule has 0 atom stereocenters. The monoisotopic (exact) mass is 307 g/mol. The van der Waals surface area contributed by atoms with Crippen molar-refractivity contribution in [3.63, 3.8) is 0 Å². The van der Waals surface area contributed by atoms with Gasteiger partial charge in [0.05, 0.1) is 0 Å². The van der Waals surface area contributed by atoms with Crippen molar-refractivity contribution in [3.8, 4) is 5.75 Å². The van der Waals surface area contributed by atoms with E-state index >= 15 is 0 Å². The van der Waals surface area contributed by atoms with Crippen LogP contribution in [0, 0.1) is 0 Å². The topological polar surface area (TPSA) is 41.5 Å². The van der Waals surface area contributed by atoms with Crippen molar-refractivity contribution in [3.05, 3.63) is 64.1 Å². The summed E-state index contributed by atoms with van der Waals surface area (Å²) in [6, 6.07) is 15.6. The standard InChI is InChI=1S/C14H14BrNO2/c15-13-3-1-2-12(8-13)10-18-14-6-4-11(5-7-14)9-16-17/h1-8,16-17H,9-10H2. The van der Waals surface area contributed by atoms with E-state index in [1.165, 1.54) is 0 Å². The highest BCUT2D eigenvalue weighted by atomic mass is 79.9. The summed E-state index contributed by atoms with van der Waals surface area (Å²) in [5.74, 6) is 0.816. The first kappa shape index (κ1) is 13.1. The SMILES string of the molecule is ONCc1ccc(OCc2cccc(Br)c2)cc1. The number of hydrogen-bond donors (Lipinski definition) is 2. The molecule has 0 unspecified atom stereocenters. The maximum atomic E-state index is 8.58. The number of benzene rings is 2. The Morgan fingerprint density at radius 3 is 2.50 bits per heavy atom. The Morgan fingerprint density at radius 2 is 1.83 bits per heavy atom. The molecule has 0 aliphatic heterocycles. The molecule has 2 rings (SSSR count). The number of halogens is 1. The highest BCUT2D eigenvalue weighted by Crippen LogP contribution is 2.16. The van der Waals surface area contributed by atoms with Crippen LogP contribution in [0.15, 0.2) is 53.0 Å². The van der Waals surface area contributed by atoms with Crippen molar-refractivity contribution >= 4 is 15.9 Å². The lowest BCUT2D eigenvalue weighted by Gasteiger charge is -2.07. The summed E-state index contributed by atoms with van der Waals surface area (Å²) in [5, 5.41) is 8.58. The van der Waals surface area contributed by atoms with Crippen molar-refractivity contribution < 1.29 is 9.94 Å². The Hall–Kier alpha value is -1.36. The van der Waals surface area contributed by atoms with Gasteiger partial charge in [0.2, 0.25) is 0 Å². The van der Waals surface area contributed by atoms with Gasteiger partial charge in [-0.05, 0) is 35.4 Å². The molecule has 2 aromatic rings. The molecule has 0 bridgehead atoms. The fraction of sp³-hybridized carbons (Fsp3) is 0.143. The Balaban J connectivity index is 1.93. The average Bonchev–Trinajstić information content (AvgIpc) is 2.38. The molecular weight excluding hydrogens is 294 g/mol. The van der Waals surface area contributed by atoms with Crippen LogP contribution < -0.4 is 10.2 Å².